The predicted octanol–water partition coefficient (Wildman–Crippen LogP) is 6.96. The van der Waals surface area contributed by atoms with Crippen LogP contribution in [0.4, 0.5) is 0 Å². The van der Waals surface area contributed by atoms with Gasteiger partial charge < -0.3 is 14.8 Å². The van der Waals surface area contributed by atoms with Crippen molar-refractivity contribution in [2.75, 3.05) is 13.2 Å². The van der Waals surface area contributed by atoms with E-state index in [-0.39, 0.29) is 12.5 Å². The summed E-state index contributed by atoms with van der Waals surface area (Å²) in [5.74, 6) is 0.117. The van der Waals surface area contributed by atoms with Crippen molar-refractivity contribution in [1.82, 2.24) is 10.7 Å². The van der Waals surface area contributed by atoms with Crippen LogP contribution in [-0.2, 0) is 9.59 Å². The van der Waals surface area contributed by atoms with Crippen LogP contribution in [0.5, 0.6) is 11.5 Å². The Bertz CT molecular complexity index is 1050. The topological polar surface area (TPSA) is 106 Å². The predicted molar refractivity (Wildman–Crippen MR) is 163 cm³/mol. The molecular formula is C33H47N3O5. The van der Waals surface area contributed by atoms with E-state index < -0.39 is 11.9 Å². The third-order valence-electron chi connectivity index (χ3n) is 6.51. The van der Waals surface area contributed by atoms with Crippen LogP contribution in [0.1, 0.15) is 113 Å². The Balaban J connectivity index is 1.56. The lowest BCUT2D eigenvalue weighted by Crippen LogP contribution is -2.34. The van der Waals surface area contributed by atoms with Gasteiger partial charge in [0.2, 0.25) is 5.91 Å². The number of esters is 1. The van der Waals surface area contributed by atoms with Gasteiger partial charge in [0.15, 0.2) is 0 Å². The highest BCUT2D eigenvalue weighted by atomic mass is 16.5. The number of unbranched alkanes of at least 4 members (excludes halogenated alkanes) is 10. The zero-order valence-corrected chi connectivity index (χ0v) is 24.8. The van der Waals surface area contributed by atoms with Crippen molar-refractivity contribution in [3.05, 3.63) is 59.7 Å². The number of rotatable bonds is 21. The molecule has 2 aromatic carbocycles. The minimum absolute atomic E-state index is 0.116. The van der Waals surface area contributed by atoms with Crippen molar-refractivity contribution in [2.24, 2.45) is 5.10 Å². The molecule has 0 heterocycles. The average molecular weight is 566 g/mol. The van der Waals surface area contributed by atoms with Gasteiger partial charge in [-0.3, -0.25) is 9.59 Å². The maximum Gasteiger partial charge on any atom is 0.343 e. The Morgan fingerprint density at radius 3 is 1.90 bits per heavy atom. The zero-order valence-electron chi connectivity index (χ0n) is 24.8. The second kappa shape index (κ2) is 21.1. The summed E-state index contributed by atoms with van der Waals surface area (Å²) in [6, 6.07) is 13.5. The van der Waals surface area contributed by atoms with E-state index in [1.807, 2.05) is 6.92 Å². The number of ether oxygens (including phenoxy) is 2. The first-order valence-electron chi connectivity index (χ1n) is 15.2. The summed E-state index contributed by atoms with van der Waals surface area (Å²) in [4.78, 5) is 36.3. The highest BCUT2D eigenvalue weighted by molar-refractivity contribution is 5.91. The minimum Gasteiger partial charge on any atom is -0.494 e. The van der Waals surface area contributed by atoms with E-state index in [0.29, 0.717) is 35.7 Å². The molecule has 224 valence electrons. The fourth-order valence-corrected chi connectivity index (χ4v) is 4.13. The lowest BCUT2D eigenvalue weighted by Gasteiger charge is -2.07. The Kier molecular flexibility index (Phi) is 17.3. The Hall–Kier alpha value is -3.68. The second-order valence-electron chi connectivity index (χ2n) is 10.2. The summed E-state index contributed by atoms with van der Waals surface area (Å²) in [6.07, 6.45) is 16.4. The molecule has 0 fully saturated rings. The number of benzene rings is 2. The van der Waals surface area contributed by atoms with Gasteiger partial charge >= 0.3 is 5.97 Å². The van der Waals surface area contributed by atoms with Crippen molar-refractivity contribution in [1.29, 1.82) is 0 Å². The standard InChI is InChI=1S/C33H47N3O5/c1-3-5-6-7-8-9-10-11-12-13-14-15-31(37)34-26-32(38)36-35-25-27-16-20-30(21-17-27)41-33(39)28-18-22-29(23-19-28)40-24-4-2/h16-23,25H,3-15,24,26H2,1-2H3,(H,34,37)(H,36,38)/b35-25+. The summed E-state index contributed by atoms with van der Waals surface area (Å²) < 4.78 is 10.9. The van der Waals surface area contributed by atoms with Crippen LogP contribution in [0.25, 0.3) is 0 Å². The molecule has 0 aliphatic rings. The maximum atomic E-state index is 12.4. The molecule has 0 aliphatic carbocycles. The number of nitrogens with one attached hydrogen (secondary N) is 2. The van der Waals surface area contributed by atoms with Crippen molar-refractivity contribution in [3.8, 4) is 11.5 Å². The summed E-state index contributed by atoms with van der Waals surface area (Å²) >= 11 is 0. The van der Waals surface area contributed by atoms with E-state index in [1.54, 1.807) is 48.5 Å². The summed E-state index contributed by atoms with van der Waals surface area (Å²) in [6.45, 7) is 4.78. The summed E-state index contributed by atoms with van der Waals surface area (Å²) in [7, 11) is 0. The fourth-order valence-electron chi connectivity index (χ4n) is 4.13. The third-order valence-corrected chi connectivity index (χ3v) is 6.51. The number of amides is 2. The number of hydrogen-bond acceptors (Lipinski definition) is 6. The molecule has 2 rings (SSSR count). The molecule has 2 N–H and O–H groups in total. The van der Waals surface area contributed by atoms with Crippen molar-refractivity contribution in [3.63, 3.8) is 0 Å². The fraction of sp³-hybridized carbons (Fsp3) is 0.515. The first-order chi connectivity index (χ1) is 20.0. The lowest BCUT2D eigenvalue weighted by molar-refractivity contribution is -0.126. The molecule has 0 aliphatic heterocycles. The van der Waals surface area contributed by atoms with Crippen molar-refractivity contribution >= 4 is 24.0 Å². The third kappa shape index (κ3) is 15.6. The normalized spacial score (nSPS) is 10.9. The Labute approximate surface area is 245 Å². The highest BCUT2D eigenvalue weighted by Gasteiger charge is 2.09. The van der Waals surface area contributed by atoms with E-state index in [4.69, 9.17) is 9.47 Å². The molecule has 0 unspecified atom stereocenters. The largest absolute Gasteiger partial charge is 0.494 e. The van der Waals surface area contributed by atoms with Crippen LogP contribution < -0.4 is 20.2 Å². The second-order valence-corrected chi connectivity index (χ2v) is 10.2. The summed E-state index contributed by atoms with van der Waals surface area (Å²) in [5.41, 5.74) is 3.54. The minimum atomic E-state index is -0.466. The van der Waals surface area contributed by atoms with E-state index in [2.05, 4.69) is 22.8 Å². The molecule has 0 atom stereocenters. The number of nitrogens with zero attached hydrogens (tertiary/aromatic N) is 1. The molecule has 8 heteroatoms. The van der Waals surface area contributed by atoms with E-state index in [0.717, 1.165) is 25.7 Å². The van der Waals surface area contributed by atoms with E-state index in [1.165, 1.54) is 57.6 Å². The number of hydrogen-bond donors (Lipinski definition) is 2. The van der Waals surface area contributed by atoms with Gasteiger partial charge in [-0.25, -0.2) is 10.2 Å². The van der Waals surface area contributed by atoms with Crippen LogP contribution in [0, 0.1) is 0 Å². The van der Waals surface area contributed by atoms with Crippen LogP contribution >= 0.6 is 0 Å². The van der Waals surface area contributed by atoms with Crippen LogP contribution in [0.3, 0.4) is 0 Å². The number of carbonyl (C=O) groups excluding carboxylic acids is 3. The van der Waals surface area contributed by atoms with Gasteiger partial charge in [0, 0.05) is 6.42 Å². The van der Waals surface area contributed by atoms with Gasteiger partial charge in [0.05, 0.1) is 24.9 Å². The number of carbonyl (C=O) groups is 3. The smallest absolute Gasteiger partial charge is 0.343 e. The SMILES string of the molecule is CCCCCCCCCCCCCC(=O)NCC(=O)N/N=C/c1ccc(OC(=O)c2ccc(OCCC)cc2)cc1. The molecule has 2 aromatic rings. The summed E-state index contributed by atoms with van der Waals surface area (Å²) in [5, 5.41) is 6.56. The quantitative estimate of drug-likeness (QED) is 0.0559. The van der Waals surface area contributed by atoms with Crippen LogP contribution in [0.2, 0.25) is 0 Å². The molecule has 0 aromatic heterocycles. The van der Waals surface area contributed by atoms with Gasteiger partial charge in [0.1, 0.15) is 11.5 Å². The van der Waals surface area contributed by atoms with E-state index >= 15 is 0 Å². The van der Waals surface area contributed by atoms with Gasteiger partial charge in [-0.2, -0.15) is 5.10 Å². The van der Waals surface area contributed by atoms with E-state index in [9.17, 15) is 14.4 Å². The van der Waals surface area contributed by atoms with Crippen LogP contribution in [0.15, 0.2) is 53.6 Å². The first-order valence-corrected chi connectivity index (χ1v) is 15.2. The lowest BCUT2D eigenvalue weighted by atomic mass is 10.1. The molecule has 0 spiro atoms. The molecule has 0 saturated carbocycles. The van der Waals surface area contributed by atoms with Crippen LogP contribution in [-0.4, -0.2) is 37.1 Å². The molecule has 8 nitrogen and oxygen atoms in total. The monoisotopic (exact) mass is 565 g/mol. The molecule has 2 amide bonds. The Morgan fingerprint density at radius 1 is 0.707 bits per heavy atom. The van der Waals surface area contributed by atoms with Gasteiger partial charge in [-0.1, -0.05) is 78.1 Å². The highest BCUT2D eigenvalue weighted by Crippen LogP contribution is 2.17. The molecule has 0 bridgehead atoms. The maximum absolute atomic E-state index is 12.4. The molecular weight excluding hydrogens is 518 g/mol. The number of hydrazone groups is 1. The zero-order chi connectivity index (χ0) is 29.5. The van der Waals surface area contributed by atoms with Gasteiger partial charge in [-0.15, -0.1) is 0 Å². The molecule has 0 saturated heterocycles. The Morgan fingerprint density at radius 2 is 1.29 bits per heavy atom. The van der Waals surface area contributed by atoms with Gasteiger partial charge in [0.25, 0.3) is 5.91 Å². The van der Waals surface area contributed by atoms with Crippen molar-refractivity contribution < 1.29 is 23.9 Å². The first kappa shape index (κ1) is 33.5. The molecule has 0 radical (unpaired) electrons. The van der Waals surface area contributed by atoms with Gasteiger partial charge in [-0.05, 0) is 66.9 Å². The molecule has 41 heavy (non-hydrogen) atoms. The average Bonchev–Trinajstić information content (AvgIpc) is 2.99. The van der Waals surface area contributed by atoms with Crippen molar-refractivity contribution in [2.45, 2.75) is 97.3 Å².